The van der Waals surface area contributed by atoms with E-state index >= 15 is 0 Å². The van der Waals surface area contributed by atoms with Crippen molar-refractivity contribution in [2.45, 2.75) is 0 Å². The molecule has 4 heteroatoms. The Bertz CT molecular complexity index is 367. The van der Waals surface area contributed by atoms with E-state index in [9.17, 15) is 0 Å². The summed E-state index contributed by atoms with van der Waals surface area (Å²) < 4.78 is 9.86. The molecule has 0 amide bonds. The van der Waals surface area contributed by atoms with E-state index in [4.69, 9.17) is 8.83 Å². The van der Waals surface area contributed by atoms with Crippen LogP contribution in [0.1, 0.15) is 0 Å². The monoisotopic (exact) mass is 153 g/mol. The first-order chi connectivity index (χ1) is 4.86. The Morgan fingerprint density at radius 1 is 1.40 bits per heavy atom. The van der Waals surface area contributed by atoms with Gasteiger partial charge in [-0.05, 0) is 12.1 Å². The molecule has 0 fully saturated rings. The zero-order valence-electron chi connectivity index (χ0n) is 4.90. The third kappa shape index (κ3) is 0.733. The van der Waals surface area contributed by atoms with E-state index in [2.05, 4.69) is 17.2 Å². The Hall–Kier alpha value is -1.16. The predicted octanol–water partition coefficient (Wildman–Crippen LogP) is 2.15. The van der Waals surface area contributed by atoms with Gasteiger partial charge in [0.25, 0.3) is 5.71 Å². The lowest BCUT2D eigenvalue weighted by Crippen LogP contribution is -1.66. The van der Waals surface area contributed by atoms with Gasteiger partial charge in [-0.1, -0.05) is 0 Å². The molecular weight excluding hydrogens is 150 g/mol. The summed E-state index contributed by atoms with van der Waals surface area (Å²) in [6, 6.07) is 3.51. The standard InChI is InChI=1S/C6H3NO2S/c10-6-8-4-2-1-3-7-5(4)9-6/h1-3H. The van der Waals surface area contributed by atoms with Crippen LogP contribution in [0.5, 0.6) is 0 Å². The van der Waals surface area contributed by atoms with Gasteiger partial charge in [0.05, 0.1) is 0 Å². The van der Waals surface area contributed by atoms with Crippen LogP contribution in [0.25, 0.3) is 11.3 Å². The lowest BCUT2D eigenvalue weighted by molar-refractivity contribution is 0.441. The zero-order valence-corrected chi connectivity index (χ0v) is 5.72. The summed E-state index contributed by atoms with van der Waals surface area (Å²) in [6.07, 6.45) is 1.62. The van der Waals surface area contributed by atoms with E-state index in [1.165, 1.54) is 0 Å². The van der Waals surface area contributed by atoms with Crippen molar-refractivity contribution in [3.63, 3.8) is 0 Å². The van der Waals surface area contributed by atoms with E-state index in [1.807, 2.05) is 0 Å². The highest BCUT2D eigenvalue weighted by molar-refractivity contribution is 7.71. The van der Waals surface area contributed by atoms with Crippen molar-refractivity contribution in [3.8, 4) is 0 Å². The fourth-order valence-corrected chi connectivity index (χ4v) is 0.889. The Morgan fingerprint density at radius 3 is 3.10 bits per heavy atom. The van der Waals surface area contributed by atoms with Crippen LogP contribution in [-0.4, -0.2) is 4.98 Å². The number of aromatic nitrogens is 1. The van der Waals surface area contributed by atoms with Gasteiger partial charge in [0.1, 0.15) is 0 Å². The van der Waals surface area contributed by atoms with Gasteiger partial charge < -0.3 is 8.83 Å². The summed E-state index contributed by atoms with van der Waals surface area (Å²) in [5.41, 5.74) is 1.04. The van der Waals surface area contributed by atoms with Crippen molar-refractivity contribution >= 4 is 23.5 Å². The van der Waals surface area contributed by atoms with Gasteiger partial charge in [0.2, 0.25) is 0 Å². The van der Waals surface area contributed by atoms with Crippen LogP contribution in [0.15, 0.2) is 27.2 Å². The van der Waals surface area contributed by atoms with Crippen molar-refractivity contribution < 1.29 is 8.83 Å². The van der Waals surface area contributed by atoms with Gasteiger partial charge in [0, 0.05) is 18.4 Å². The van der Waals surface area contributed by atoms with Crippen molar-refractivity contribution in [3.05, 3.63) is 23.2 Å². The lowest BCUT2D eigenvalue weighted by Gasteiger charge is -1.77. The van der Waals surface area contributed by atoms with Gasteiger partial charge >= 0.3 is 4.90 Å². The molecule has 3 nitrogen and oxygen atoms in total. The highest BCUT2D eigenvalue weighted by Crippen LogP contribution is 2.11. The van der Waals surface area contributed by atoms with Gasteiger partial charge in [-0.3, -0.25) is 0 Å². The highest BCUT2D eigenvalue weighted by Gasteiger charge is 1.98. The predicted molar refractivity (Wildman–Crippen MR) is 37.1 cm³/mol. The van der Waals surface area contributed by atoms with Crippen molar-refractivity contribution in [1.82, 2.24) is 4.98 Å². The van der Waals surface area contributed by atoms with Gasteiger partial charge in [-0.25, -0.2) is 4.98 Å². The Morgan fingerprint density at radius 2 is 2.30 bits per heavy atom. The fraction of sp³-hybridized carbons (Fsp3) is 0. The molecule has 2 rings (SSSR count). The molecule has 50 valence electrons. The van der Waals surface area contributed by atoms with E-state index in [-0.39, 0.29) is 4.90 Å². The van der Waals surface area contributed by atoms with Crippen LogP contribution < -0.4 is 0 Å². The molecule has 0 aliphatic heterocycles. The van der Waals surface area contributed by atoms with E-state index in [0.29, 0.717) is 11.3 Å². The minimum Gasteiger partial charge on any atom is -0.412 e. The topological polar surface area (TPSA) is 39.2 Å². The summed E-state index contributed by atoms with van der Waals surface area (Å²) in [6.45, 7) is 0. The molecule has 2 heterocycles. The molecule has 0 unspecified atom stereocenters. The third-order valence-corrected chi connectivity index (χ3v) is 1.28. The summed E-state index contributed by atoms with van der Waals surface area (Å²) in [5, 5.41) is 0. The summed E-state index contributed by atoms with van der Waals surface area (Å²) >= 11 is 4.64. The molecule has 0 bridgehead atoms. The molecular formula is C6H3NO2S. The second-order valence-corrected chi connectivity index (χ2v) is 2.09. The molecule has 0 atom stereocenters. The summed E-state index contributed by atoms with van der Waals surface area (Å²) in [4.78, 5) is 3.99. The normalized spacial score (nSPS) is 10.4. The van der Waals surface area contributed by atoms with Crippen molar-refractivity contribution in [2.75, 3.05) is 0 Å². The Kier molecular flexibility index (Phi) is 1.07. The van der Waals surface area contributed by atoms with Gasteiger partial charge in [0.15, 0.2) is 5.58 Å². The smallest absolute Gasteiger partial charge is 0.365 e. The summed E-state index contributed by atoms with van der Waals surface area (Å²) in [7, 11) is 0. The van der Waals surface area contributed by atoms with E-state index in [1.54, 1.807) is 18.3 Å². The first-order valence-corrected chi connectivity index (χ1v) is 3.12. The number of rotatable bonds is 0. The molecule has 0 aromatic carbocycles. The molecule has 2 aromatic rings. The van der Waals surface area contributed by atoms with Crippen molar-refractivity contribution in [2.24, 2.45) is 0 Å². The second kappa shape index (κ2) is 1.91. The molecule has 0 saturated carbocycles. The van der Waals surface area contributed by atoms with E-state index in [0.717, 1.165) is 0 Å². The summed E-state index contributed by atoms with van der Waals surface area (Å²) in [5.74, 6) is 0. The first-order valence-electron chi connectivity index (χ1n) is 2.71. The van der Waals surface area contributed by atoms with Crippen LogP contribution in [0.2, 0.25) is 0 Å². The average molecular weight is 153 g/mol. The number of hydrogen-bond acceptors (Lipinski definition) is 4. The van der Waals surface area contributed by atoms with Crippen LogP contribution in [0, 0.1) is 4.90 Å². The molecule has 0 N–H and O–H groups in total. The second-order valence-electron chi connectivity index (χ2n) is 1.76. The number of hydrogen-bond donors (Lipinski definition) is 0. The molecule has 0 aliphatic rings. The van der Waals surface area contributed by atoms with Crippen LogP contribution in [0.4, 0.5) is 0 Å². The SMILES string of the molecule is S=c1oc2cccnc2o1. The molecule has 0 saturated heterocycles. The van der Waals surface area contributed by atoms with Crippen LogP contribution >= 0.6 is 12.2 Å². The maximum atomic E-state index is 4.95. The number of nitrogens with zero attached hydrogens (tertiary/aromatic N) is 1. The average Bonchev–Trinajstić information content (AvgIpc) is 2.27. The fourth-order valence-electron chi connectivity index (χ4n) is 0.720. The van der Waals surface area contributed by atoms with Crippen LogP contribution in [0.3, 0.4) is 0 Å². The minimum atomic E-state index is 0.119. The molecule has 0 aliphatic carbocycles. The third-order valence-electron chi connectivity index (χ3n) is 1.11. The quantitative estimate of drug-likeness (QED) is 0.543. The van der Waals surface area contributed by atoms with Crippen LogP contribution in [-0.2, 0) is 0 Å². The zero-order chi connectivity index (χ0) is 6.97. The first kappa shape index (κ1) is 5.61. The van der Waals surface area contributed by atoms with Gasteiger partial charge in [-0.2, -0.15) is 0 Å². The maximum Gasteiger partial charge on any atom is 0.365 e. The molecule has 2 aromatic heterocycles. The van der Waals surface area contributed by atoms with Gasteiger partial charge in [-0.15, -0.1) is 0 Å². The largest absolute Gasteiger partial charge is 0.412 e. The highest BCUT2D eigenvalue weighted by atomic mass is 32.1. The molecule has 10 heavy (non-hydrogen) atoms. The van der Waals surface area contributed by atoms with E-state index < -0.39 is 0 Å². The number of pyridine rings is 1. The lowest BCUT2D eigenvalue weighted by atomic mass is 10.5. The minimum absolute atomic E-state index is 0.119. The Labute approximate surface area is 61.3 Å². The molecule has 0 spiro atoms. The maximum absolute atomic E-state index is 4.95. The molecule has 0 radical (unpaired) electrons. The Balaban J connectivity index is 3.01. The number of fused-ring (bicyclic) bond motifs is 1. The van der Waals surface area contributed by atoms with Crippen molar-refractivity contribution in [1.29, 1.82) is 0 Å².